The smallest absolute Gasteiger partial charge is 0.246 e. The lowest BCUT2D eigenvalue weighted by atomic mass is 10.2. The maximum absolute atomic E-state index is 11.2. The number of hydrogen-bond acceptors (Lipinski definition) is 3. The van der Waals surface area contributed by atoms with Gasteiger partial charge in [0.15, 0.2) is 0 Å². The number of nitrogens with one attached hydrogen (secondary N) is 1. The molecule has 0 aromatic heterocycles. The topological polar surface area (TPSA) is 55.4 Å². The number of ether oxygens (including phenoxy) is 1. The van der Waals surface area contributed by atoms with Crippen LogP contribution in [0.15, 0.2) is 18.2 Å². The summed E-state index contributed by atoms with van der Waals surface area (Å²) in [5.74, 6) is 0.476. The van der Waals surface area contributed by atoms with Crippen molar-refractivity contribution in [3.05, 3.63) is 23.8 Å². The number of hydrogen-bond donors (Lipinski definition) is 1. The van der Waals surface area contributed by atoms with Crippen molar-refractivity contribution in [1.29, 1.82) is 0 Å². The number of halogens is 1. The fraction of sp³-hybridized carbons (Fsp3) is 0.333. The first-order valence-corrected chi connectivity index (χ1v) is 6.38. The first kappa shape index (κ1) is 12.1. The number of anilines is 1. The Labute approximate surface area is 94.3 Å². The number of benzene rings is 1. The van der Waals surface area contributed by atoms with Crippen molar-refractivity contribution in [2.45, 2.75) is 6.92 Å². The largest absolute Gasteiger partial charge is 0.495 e. The van der Waals surface area contributed by atoms with Gasteiger partial charge >= 0.3 is 0 Å². The Bertz CT molecular complexity index is 445. The molecular weight excluding hydrogens is 238 g/mol. The van der Waals surface area contributed by atoms with Crippen LogP contribution < -0.4 is 9.46 Å². The Morgan fingerprint density at radius 3 is 2.67 bits per heavy atom. The summed E-state index contributed by atoms with van der Waals surface area (Å²) in [6.07, 6.45) is 0. The van der Waals surface area contributed by atoms with E-state index in [1.165, 1.54) is 7.11 Å². The SMILES string of the molecule is COc1cc(C)ccc1NS(=O)(=O)CCl. The van der Waals surface area contributed by atoms with Crippen LogP contribution in [0.2, 0.25) is 0 Å². The Morgan fingerprint density at radius 1 is 1.47 bits per heavy atom. The molecule has 0 bridgehead atoms. The Hall–Kier alpha value is -0.940. The van der Waals surface area contributed by atoms with Crippen molar-refractivity contribution < 1.29 is 13.2 Å². The summed E-state index contributed by atoms with van der Waals surface area (Å²) in [7, 11) is -2.00. The van der Waals surface area contributed by atoms with E-state index in [1.807, 2.05) is 6.92 Å². The van der Waals surface area contributed by atoms with Gasteiger partial charge in [-0.2, -0.15) is 0 Å². The minimum absolute atomic E-state index is 0.392. The van der Waals surface area contributed by atoms with Gasteiger partial charge in [0.2, 0.25) is 10.0 Å². The number of methoxy groups -OCH3 is 1. The third kappa shape index (κ3) is 3.28. The van der Waals surface area contributed by atoms with E-state index in [-0.39, 0.29) is 0 Å². The lowest BCUT2D eigenvalue weighted by molar-refractivity contribution is 0.416. The maximum atomic E-state index is 11.2. The Balaban J connectivity index is 3.05. The normalized spacial score (nSPS) is 11.1. The van der Waals surface area contributed by atoms with Crippen LogP contribution in [0.3, 0.4) is 0 Å². The minimum atomic E-state index is -3.48. The molecule has 1 aromatic carbocycles. The lowest BCUT2D eigenvalue weighted by Gasteiger charge is -2.10. The molecule has 0 aliphatic carbocycles. The number of sulfonamides is 1. The van der Waals surface area contributed by atoms with E-state index >= 15 is 0 Å². The van der Waals surface area contributed by atoms with Gasteiger partial charge in [0.1, 0.15) is 11.0 Å². The molecule has 0 fully saturated rings. The van der Waals surface area contributed by atoms with Crippen molar-refractivity contribution in [3.8, 4) is 5.75 Å². The van der Waals surface area contributed by atoms with Crippen LogP contribution in [-0.4, -0.2) is 20.7 Å². The molecule has 0 unspecified atom stereocenters. The lowest BCUT2D eigenvalue weighted by Crippen LogP contribution is -2.14. The zero-order chi connectivity index (χ0) is 11.5. The second kappa shape index (κ2) is 4.72. The molecule has 0 atom stereocenters. The summed E-state index contributed by atoms with van der Waals surface area (Å²) in [6, 6.07) is 5.17. The van der Waals surface area contributed by atoms with E-state index in [2.05, 4.69) is 4.72 Å². The third-order valence-electron chi connectivity index (χ3n) is 1.77. The minimum Gasteiger partial charge on any atom is -0.495 e. The monoisotopic (exact) mass is 249 g/mol. The summed E-state index contributed by atoms with van der Waals surface area (Å²) in [4.78, 5) is 0. The molecule has 0 saturated carbocycles. The van der Waals surface area contributed by atoms with E-state index < -0.39 is 15.2 Å². The first-order chi connectivity index (χ1) is 6.98. The highest BCUT2D eigenvalue weighted by Gasteiger charge is 2.11. The van der Waals surface area contributed by atoms with Crippen LogP contribution in [0.5, 0.6) is 5.75 Å². The van der Waals surface area contributed by atoms with Gasteiger partial charge < -0.3 is 4.74 Å². The first-order valence-electron chi connectivity index (χ1n) is 4.19. The van der Waals surface area contributed by atoms with E-state index in [9.17, 15) is 8.42 Å². The summed E-state index contributed by atoms with van der Waals surface area (Å²) in [5.41, 5.74) is 1.38. The highest BCUT2D eigenvalue weighted by molar-refractivity contribution is 7.93. The summed E-state index contributed by atoms with van der Waals surface area (Å²) in [6.45, 7) is 1.89. The molecule has 0 aliphatic rings. The zero-order valence-electron chi connectivity index (χ0n) is 8.45. The van der Waals surface area contributed by atoms with Crippen LogP contribution in [0.25, 0.3) is 0 Å². The van der Waals surface area contributed by atoms with Gasteiger partial charge in [-0.25, -0.2) is 8.42 Å². The van der Waals surface area contributed by atoms with Crippen LogP contribution in [0.4, 0.5) is 5.69 Å². The fourth-order valence-corrected chi connectivity index (χ4v) is 1.80. The van der Waals surface area contributed by atoms with Crippen molar-refractivity contribution in [2.75, 3.05) is 17.0 Å². The van der Waals surface area contributed by atoms with Crippen LogP contribution in [-0.2, 0) is 10.0 Å². The van der Waals surface area contributed by atoms with Crippen LogP contribution in [0, 0.1) is 6.92 Å². The van der Waals surface area contributed by atoms with Gasteiger partial charge in [-0.3, -0.25) is 4.72 Å². The standard InChI is InChI=1S/C9H12ClNO3S/c1-7-3-4-8(9(5-7)14-2)11-15(12,13)6-10/h3-5,11H,6H2,1-2H3. The average Bonchev–Trinajstić information content (AvgIpc) is 2.20. The summed E-state index contributed by atoms with van der Waals surface area (Å²) >= 11 is 5.28. The van der Waals surface area contributed by atoms with Gasteiger partial charge in [-0.1, -0.05) is 6.07 Å². The number of rotatable bonds is 4. The molecule has 6 heteroatoms. The third-order valence-corrected chi connectivity index (χ3v) is 3.45. The predicted octanol–water partition coefficient (Wildman–Crippen LogP) is 1.94. The van der Waals surface area contributed by atoms with Crippen molar-refractivity contribution in [1.82, 2.24) is 0 Å². The quantitative estimate of drug-likeness (QED) is 0.830. The predicted molar refractivity (Wildman–Crippen MR) is 61.0 cm³/mol. The zero-order valence-corrected chi connectivity index (χ0v) is 10.0. The van der Waals surface area contributed by atoms with Crippen LogP contribution in [0.1, 0.15) is 5.56 Å². The second-order valence-corrected chi connectivity index (χ2v) is 5.34. The van der Waals surface area contributed by atoms with Crippen molar-refractivity contribution in [2.24, 2.45) is 0 Å². The Morgan fingerprint density at radius 2 is 2.13 bits per heavy atom. The van der Waals surface area contributed by atoms with Gasteiger partial charge in [-0.05, 0) is 24.6 Å². The molecule has 0 radical (unpaired) electrons. The molecule has 4 nitrogen and oxygen atoms in total. The molecule has 0 aliphatic heterocycles. The number of alkyl halides is 1. The van der Waals surface area contributed by atoms with Gasteiger partial charge in [0.05, 0.1) is 12.8 Å². The molecule has 1 N–H and O–H groups in total. The molecule has 84 valence electrons. The average molecular weight is 250 g/mol. The van der Waals surface area contributed by atoms with E-state index in [1.54, 1.807) is 18.2 Å². The Kier molecular flexibility index (Phi) is 3.82. The molecule has 0 heterocycles. The van der Waals surface area contributed by atoms with Crippen molar-refractivity contribution in [3.63, 3.8) is 0 Å². The molecule has 1 rings (SSSR count). The molecule has 1 aromatic rings. The van der Waals surface area contributed by atoms with E-state index in [0.29, 0.717) is 11.4 Å². The summed E-state index contributed by atoms with van der Waals surface area (Å²) < 4.78 is 29.8. The van der Waals surface area contributed by atoms with Gasteiger partial charge in [0.25, 0.3) is 0 Å². The molecular formula is C9H12ClNO3S. The molecule has 15 heavy (non-hydrogen) atoms. The fourth-order valence-electron chi connectivity index (χ4n) is 1.08. The van der Waals surface area contributed by atoms with Crippen molar-refractivity contribution >= 4 is 27.3 Å². The van der Waals surface area contributed by atoms with Crippen LogP contribution >= 0.6 is 11.6 Å². The highest BCUT2D eigenvalue weighted by atomic mass is 35.5. The van der Waals surface area contributed by atoms with E-state index in [4.69, 9.17) is 16.3 Å². The van der Waals surface area contributed by atoms with Gasteiger partial charge in [0, 0.05) is 0 Å². The second-order valence-electron chi connectivity index (χ2n) is 3.03. The molecule has 0 saturated heterocycles. The summed E-state index contributed by atoms with van der Waals surface area (Å²) in [5, 5.41) is -0.482. The highest BCUT2D eigenvalue weighted by Crippen LogP contribution is 2.26. The van der Waals surface area contributed by atoms with Gasteiger partial charge in [-0.15, -0.1) is 11.6 Å². The maximum Gasteiger partial charge on any atom is 0.246 e. The molecule has 0 amide bonds. The number of aryl methyl sites for hydroxylation is 1. The van der Waals surface area contributed by atoms with E-state index in [0.717, 1.165) is 5.56 Å². The molecule has 0 spiro atoms.